The Morgan fingerprint density at radius 2 is 1.78 bits per heavy atom. The Hall–Kier alpha value is -0.670. The second-order valence-corrected chi connectivity index (χ2v) is 5.71. The van der Waals surface area contributed by atoms with E-state index in [4.69, 9.17) is 0 Å². The highest BCUT2D eigenvalue weighted by Crippen LogP contribution is 2.27. The van der Waals surface area contributed by atoms with Crippen LogP contribution in [0.15, 0.2) is 24.3 Å². The van der Waals surface area contributed by atoms with Crippen LogP contribution in [0.5, 0.6) is 0 Å². The lowest BCUT2D eigenvalue weighted by Crippen LogP contribution is -2.47. The molecule has 0 amide bonds. The van der Waals surface area contributed by atoms with Gasteiger partial charge in [0.2, 0.25) is 0 Å². The third-order valence-corrected chi connectivity index (χ3v) is 3.89. The number of piperazine rings is 1. The Bertz CT molecular complexity index is 371. The van der Waals surface area contributed by atoms with Crippen molar-refractivity contribution in [1.82, 2.24) is 4.90 Å². The Labute approximate surface area is 116 Å². The first-order chi connectivity index (χ1) is 8.72. The molecule has 18 heavy (non-hydrogen) atoms. The quantitative estimate of drug-likeness (QED) is 0.836. The van der Waals surface area contributed by atoms with E-state index in [1.807, 2.05) is 0 Å². The molecule has 0 unspecified atom stereocenters. The van der Waals surface area contributed by atoms with Gasteiger partial charge in [-0.05, 0) is 17.5 Å². The van der Waals surface area contributed by atoms with Crippen LogP contribution in [0.25, 0.3) is 0 Å². The zero-order valence-electron chi connectivity index (χ0n) is 11.5. The molecular formula is C15H24N2S. The molecule has 100 valence electrons. The molecular weight excluding hydrogens is 240 g/mol. The molecule has 0 spiro atoms. The fraction of sp³-hybridized carbons (Fsp3) is 0.600. The van der Waals surface area contributed by atoms with Gasteiger partial charge in [-0.15, -0.1) is 0 Å². The van der Waals surface area contributed by atoms with Gasteiger partial charge in [-0.25, -0.2) is 0 Å². The molecule has 0 aliphatic carbocycles. The molecule has 1 aromatic carbocycles. The molecule has 2 rings (SSSR count). The maximum Gasteiger partial charge on any atom is 0.0402 e. The van der Waals surface area contributed by atoms with E-state index in [-0.39, 0.29) is 0 Å². The SMILES string of the molecule is CC(C)c1ccccc1N1CCN(CCS)CC1. The average Bonchev–Trinajstić information content (AvgIpc) is 2.40. The lowest BCUT2D eigenvalue weighted by molar-refractivity contribution is 0.273. The van der Waals surface area contributed by atoms with Crippen LogP contribution in [0.4, 0.5) is 5.69 Å². The summed E-state index contributed by atoms with van der Waals surface area (Å²) < 4.78 is 0. The molecule has 1 aliphatic rings. The van der Waals surface area contributed by atoms with E-state index in [1.54, 1.807) is 0 Å². The third kappa shape index (κ3) is 3.21. The summed E-state index contributed by atoms with van der Waals surface area (Å²) in [4.78, 5) is 5.03. The standard InChI is InChI=1S/C15H24N2S/c1-13(2)14-5-3-4-6-15(14)17-9-7-16(8-10-17)11-12-18/h3-6,13,18H,7-12H2,1-2H3. The summed E-state index contributed by atoms with van der Waals surface area (Å²) in [5.41, 5.74) is 2.90. The Balaban J connectivity index is 2.05. The number of benzene rings is 1. The highest BCUT2D eigenvalue weighted by Gasteiger charge is 2.19. The summed E-state index contributed by atoms with van der Waals surface area (Å²) in [5.74, 6) is 1.56. The van der Waals surface area contributed by atoms with Crippen molar-refractivity contribution in [1.29, 1.82) is 0 Å². The fourth-order valence-corrected chi connectivity index (χ4v) is 2.90. The molecule has 3 heteroatoms. The second kappa shape index (κ2) is 6.48. The first kappa shape index (κ1) is 13.8. The summed E-state index contributed by atoms with van der Waals surface area (Å²) in [6, 6.07) is 8.83. The molecule has 1 heterocycles. The van der Waals surface area contributed by atoms with E-state index in [9.17, 15) is 0 Å². The molecule has 1 aromatic rings. The van der Waals surface area contributed by atoms with Crippen molar-refractivity contribution in [2.45, 2.75) is 19.8 Å². The van der Waals surface area contributed by atoms with Crippen LogP contribution in [0.1, 0.15) is 25.3 Å². The Morgan fingerprint density at radius 1 is 1.11 bits per heavy atom. The van der Waals surface area contributed by atoms with Gasteiger partial charge in [0.25, 0.3) is 0 Å². The monoisotopic (exact) mass is 264 g/mol. The minimum atomic E-state index is 0.594. The summed E-state index contributed by atoms with van der Waals surface area (Å²) >= 11 is 4.31. The van der Waals surface area contributed by atoms with Gasteiger partial charge in [0.15, 0.2) is 0 Å². The Morgan fingerprint density at radius 3 is 2.39 bits per heavy atom. The first-order valence-electron chi connectivity index (χ1n) is 6.89. The highest BCUT2D eigenvalue weighted by molar-refractivity contribution is 7.80. The van der Waals surface area contributed by atoms with E-state index in [2.05, 4.69) is 60.5 Å². The summed E-state index contributed by atoms with van der Waals surface area (Å²) in [6.07, 6.45) is 0. The van der Waals surface area contributed by atoms with Gasteiger partial charge in [0.05, 0.1) is 0 Å². The third-order valence-electron chi connectivity index (χ3n) is 3.69. The molecule has 0 saturated carbocycles. The normalized spacial score (nSPS) is 17.4. The van der Waals surface area contributed by atoms with Gasteiger partial charge < -0.3 is 4.90 Å². The number of anilines is 1. The number of rotatable bonds is 4. The topological polar surface area (TPSA) is 6.48 Å². The van der Waals surface area contributed by atoms with Crippen molar-refractivity contribution >= 4 is 18.3 Å². The van der Waals surface area contributed by atoms with Crippen LogP contribution in [0.2, 0.25) is 0 Å². The molecule has 0 radical (unpaired) electrons. The molecule has 0 aromatic heterocycles. The molecule has 1 aliphatic heterocycles. The zero-order valence-corrected chi connectivity index (χ0v) is 12.4. The number of hydrogen-bond donors (Lipinski definition) is 1. The number of hydrogen-bond acceptors (Lipinski definition) is 3. The van der Waals surface area contributed by atoms with Crippen molar-refractivity contribution in [3.05, 3.63) is 29.8 Å². The minimum absolute atomic E-state index is 0.594. The van der Waals surface area contributed by atoms with Crippen molar-refractivity contribution in [3.63, 3.8) is 0 Å². The van der Waals surface area contributed by atoms with Crippen molar-refractivity contribution in [2.24, 2.45) is 0 Å². The van der Waals surface area contributed by atoms with Gasteiger partial charge >= 0.3 is 0 Å². The van der Waals surface area contributed by atoms with Crippen LogP contribution < -0.4 is 4.90 Å². The predicted molar refractivity (Wildman–Crippen MR) is 83.0 cm³/mol. The summed E-state index contributed by atoms with van der Waals surface area (Å²) in [7, 11) is 0. The van der Waals surface area contributed by atoms with Gasteiger partial charge in [-0.3, -0.25) is 4.90 Å². The maximum atomic E-state index is 4.31. The number of para-hydroxylation sites is 1. The fourth-order valence-electron chi connectivity index (χ4n) is 2.62. The van der Waals surface area contributed by atoms with Crippen LogP contribution in [-0.4, -0.2) is 43.4 Å². The molecule has 2 nitrogen and oxygen atoms in total. The molecule has 0 atom stereocenters. The molecule has 0 bridgehead atoms. The van der Waals surface area contributed by atoms with E-state index in [0.717, 1.165) is 38.5 Å². The summed E-state index contributed by atoms with van der Waals surface area (Å²) in [5, 5.41) is 0. The van der Waals surface area contributed by atoms with E-state index in [0.29, 0.717) is 5.92 Å². The van der Waals surface area contributed by atoms with E-state index < -0.39 is 0 Å². The second-order valence-electron chi connectivity index (χ2n) is 5.27. The van der Waals surface area contributed by atoms with Gasteiger partial charge in [0.1, 0.15) is 0 Å². The lowest BCUT2D eigenvalue weighted by atomic mass is 10.00. The lowest BCUT2D eigenvalue weighted by Gasteiger charge is -2.37. The van der Waals surface area contributed by atoms with E-state index >= 15 is 0 Å². The average molecular weight is 264 g/mol. The van der Waals surface area contributed by atoms with Crippen LogP contribution >= 0.6 is 12.6 Å². The molecule has 1 fully saturated rings. The Kier molecular flexibility index (Phi) is 4.95. The number of thiol groups is 1. The van der Waals surface area contributed by atoms with Crippen LogP contribution in [-0.2, 0) is 0 Å². The highest BCUT2D eigenvalue weighted by atomic mass is 32.1. The summed E-state index contributed by atoms with van der Waals surface area (Å²) in [6.45, 7) is 10.3. The molecule has 1 saturated heterocycles. The molecule has 0 N–H and O–H groups in total. The zero-order chi connectivity index (χ0) is 13.0. The largest absolute Gasteiger partial charge is 0.369 e. The van der Waals surface area contributed by atoms with Crippen molar-refractivity contribution in [2.75, 3.05) is 43.4 Å². The first-order valence-corrected chi connectivity index (χ1v) is 7.52. The van der Waals surface area contributed by atoms with Crippen molar-refractivity contribution in [3.8, 4) is 0 Å². The van der Waals surface area contributed by atoms with Crippen molar-refractivity contribution < 1.29 is 0 Å². The van der Waals surface area contributed by atoms with Gasteiger partial charge in [0, 0.05) is 44.2 Å². The van der Waals surface area contributed by atoms with Gasteiger partial charge in [-0.2, -0.15) is 12.6 Å². The number of nitrogens with zero attached hydrogens (tertiary/aromatic N) is 2. The van der Waals surface area contributed by atoms with Gasteiger partial charge in [-0.1, -0.05) is 32.0 Å². The predicted octanol–water partition coefficient (Wildman–Crippen LogP) is 2.86. The smallest absolute Gasteiger partial charge is 0.0402 e. The van der Waals surface area contributed by atoms with E-state index in [1.165, 1.54) is 11.3 Å². The maximum absolute atomic E-state index is 4.31. The van der Waals surface area contributed by atoms with Crippen LogP contribution in [0, 0.1) is 0 Å². The minimum Gasteiger partial charge on any atom is -0.369 e. The van der Waals surface area contributed by atoms with Crippen LogP contribution in [0.3, 0.4) is 0 Å².